The lowest BCUT2D eigenvalue weighted by molar-refractivity contribution is -0.0458. The average Bonchev–Trinajstić information content (AvgIpc) is 3.35. The van der Waals surface area contributed by atoms with Gasteiger partial charge in [-0.2, -0.15) is 9.90 Å². The minimum absolute atomic E-state index is 0.0444. The minimum atomic E-state index is -2.52. The van der Waals surface area contributed by atoms with Gasteiger partial charge in [-0.05, 0) is 37.0 Å². The molecule has 4 heterocycles. The van der Waals surface area contributed by atoms with Crippen LogP contribution in [0.15, 0.2) is 36.8 Å². The first-order valence-corrected chi connectivity index (χ1v) is 10.1. The van der Waals surface area contributed by atoms with Crippen LogP contribution in [0.5, 0.6) is 0 Å². The Balaban J connectivity index is 1.34. The van der Waals surface area contributed by atoms with Crippen LogP contribution in [-0.4, -0.2) is 45.5 Å². The van der Waals surface area contributed by atoms with Gasteiger partial charge < -0.3 is 5.32 Å². The summed E-state index contributed by atoms with van der Waals surface area (Å²) in [5, 5.41) is 19.8. The fourth-order valence-electron chi connectivity index (χ4n) is 3.90. The fourth-order valence-corrected chi connectivity index (χ4v) is 3.90. The summed E-state index contributed by atoms with van der Waals surface area (Å²) in [7, 11) is 1.73. The summed E-state index contributed by atoms with van der Waals surface area (Å²) >= 11 is 0. The molecule has 1 N–H and O–H groups in total. The van der Waals surface area contributed by atoms with Crippen molar-refractivity contribution in [2.45, 2.75) is 38.0 Å². The van der Waals surface area contributed by atoms with E-state index in [2.05, 4.69) is 35.7 Å². The Bertz CT molecular complexity index is 1210. The van der Waals surface area contributed by atoms with Gasteiger partial charge in [-0.3, -0.25) is 4.40 Å². The number of fused-ring (bicyclic) bond motifs is 1. The second-order valence-electron chi connectivity index (χ2n) is 7.87. The van der Waals surface area contributed by atoms with Crippen LogP contribution in [-0.2, 0) is 13.5 Å². The first-order chi connectivity index (χ1) is 14.9. The van der Waals surface area contributed by atoms with E-state index >= 15 is 0 Å². The van der Waals surface area contributed by atoms with Crippen molar-refractivity contribution < 1.29 is 8.78 Å². The number of halogens is 2. The van der Waals surface area contributed by atoms with Gasteiger partial charge in [-0.1, -0.05) is 0 Å². The van der Waals surface area contributed by atoms with E-state index in [1.54, 1.807) is 19.4 Å². The first kappa shape index (κ1) is 19.5. The zero-order valence-electron chi connectivity index (χ0n) is 16.9. The zero-order valence-corrected chi connectivity index (χ0v) is 16.9. The quantitative estimate of drug-likeness (QED) is 0.523. The minimum Gasteiger partial charge on any atom is -0.306 e. The third-order valence-corrected chi connectivity index (χ3v) is 5.58. The van der Waals surface area contributed by atoms with Crippen molar-refractivity contribution in [3.63, 3.8) is 0 Å². The molecule has 0 spiro atoms. The molecule has 0 aliphatic heterocycles. The number of alkyl halides is 2. The van der Waals surface area contributed by atoms with E-state index in [0.717, 1.165) is 17.1 Å². The van der Waals surface area contributed by atoms with E-state index in [9.17, 15) is 8.78 Å². The van der Waals surface area contributed by atoms with Crippen LogP contribution in [0, 0.1) is 5.92 Å². The third kappa shape index (κ3) is 4.21. The van der Waals surface area contributed by atoms with Crippen LogP contribution in [0.25, 0.3) is 16.9 Å². The SMILES string of the molecule is Cn1ncc(Nc2nccc(-c3ccn4c(CC5CCC(F)(F)CC5)nnc4c3)n2)n1. The van der Waals surface area contributed by atoms with E-state index < -0.39 is 5.92 Å². The Morgan fingerprint density at radius 3 is 2.81 bits per heavy atom. The molecule has 1 saturated carbocycles. The van der Waals surface area contributed by atoms with Gasteiger partial charge in [-0.15, -0.1) is 15.3 Å². The highest BCUT2D eigenvalue weighted by molar-refractivity contribution is 5.65. The molecule has 5 rings (SSSR count). The number of rotatable bonds is 5. The molecule has 1 aliphatic rings. The average molecular weight is 425 g/mol. The summed E-state index contributed by atoms with van der Waals surface area (Å²) in [6.45, 7) is 0. The monoisotopic (exact) mass is 425 g/mol. The lowest BCUT2D eigenvalue weighted by Crippen LogP contribution is -2.25. The predicted octanol–water partition coefficient (Wildman–Crippen LogP) is 3.43. The molecule has 0 aromatic carbocycles. The van der Waals surface area contributed by atoms with Gasteiger partial charge in [0.05, 0.1) is 11.9 Å². The number of aromatic nitrogens is 8. The number of aryl methyl sites for hydroxylation is 1. The van der Waals surface area contributed by atoms with Gasteiger partial charge in [0.25, 0.3) is 0 Å². The van der Waals surface area contributed by atoms with E-state index in [-0.39, 0.29) is 18.8 Å². The van der Waals surface area contributed by atoms with E-state index in [0.29, 0.717) is 36.7 Å². The predicted molar refractivity (Wildman–Crippen MR) is 109 cm³/mol. The Labute approximate surface area is 176 Å². The second-order valence-corrected chi connectivity index (χ2v) is 7.87. The number of hydrogen-bond acceptors (Lipinski definition) is 7. The van der Waals surface area contributed by atoms with Crippen molar-refractivity contribution >= 4 is 17.4 Å². The molecular weight excluding hydrogens is 404 g/mol. The first-order valence-electron chi connectivity index (χ1n) is 10.1. The van der Waals surface area contributed by atoms with Crippen molar-refractivity contribution in [3.8, 4) is 11.3 Å². The van der Waals surface area contributed by atoms with Crippen LogP contribution < -0.4 is 5.32 Å². The molecule has 31 heavy (non-hydrogen) atoms. The Morgan fingerprint density at radius 1 is 1.19 bits per heavy atom. The Hall–Kier alpha value is -3.50. The van der Waals surface area contributed by atoms with Gasteiger partial charge >= 0.3 is 0 Å². The zero-order chi connectivity index (χ0) is 21.4. The molecule has 9 nitrogen and oxygen atoms in total. The van der Waals surface area contributed by atoms with Crippen molar-refractivity contribution in [3.05, 3.63) is 42.6 Å². The van der Waals surface area contributed by atoms with Gasteiger partial charge in [0, 0.05) is 44.3 Å². The second kappa shape index (κ2) is 7.64. The topological polar surface area (TPSA) is 98.7 Å². The van der Waals surface area contributed by atoms with E-state index in [1.807, 2.05) is 28.8 Å². The van der Waals surface area contributed by atoms with Crippen molar-refractivity contribution in [1.82, 2.24) is 39.6 Å². The van der Waals surface area contributed by atoms with Gasteiger partial charge in [0.2, 0.25) is 11.9 Å². The molecule has 4 aromatic heterocycles. The maximum atomic E-state index is 13.4. The van der Waals surface area contributed by atoms with Crippen LogP contribution >= 0.6 is 0 Å². The molecule has 4 aromatic rings. The molecule has 0 radical (unpaired) electrons. The number of pyridine rings is 1. The molecule has 0 bridgehead atoms. The summed E-state index contributed by atoms with van der Waals surface area (Å²) in [5.74, 6) is -0.545. The van der Waals surface area contributed by atoms with Crippen LogP contribution in [0.1, 0.15) is 31.5 Å². The molecule has 0 unspecified atom stereocenters. The molecule has 1 aliphatic carbocycles. The highest BCUT2D eigenvalue weighted by Crippen LogP contribution is 2.37. The smallest absolute Gasteiger partial charge is 0.248 e. The van der Waals surface area contributed by atoms with Crippen LogP contribution in [0.4, 0.5) is 20.5 Å². The van der Waals surface area contributed by atoms with Gasteiger partial charge in [0.15, 0.2) is 11.5 Å². The summed E-state index contributed by atoms with van der Waals surface area (Å²) in [4.78, 5) is 10.2. The maximum Gasteiger partial charge on any atom is 0.248 e. The molecule has 1 fully saturated rings. The van der Waals surface area contributed by atoms with Gasteiger partial charge in [-0.25, -0.2) is 18.7 Å². The van der Waals surface area contributed by atoms with Crippen molar-refractivity contribution in [1.29, 1.82) is 0 Å². The number of hydrogen-bond donors (Lipinski definition) is 1. The Kier molecular flexibility index (Phi) is 4.79. The van der Waals surface area contributed by atoms with Crippen LogP contribution in [0.2, 0.25) is 0 Å². The maximum absolute atomic E-state index is 13.4. The van der Waals surface area contributed by atoms with Crippen LogP contribution in [0.3, 0.4) is 0 Å². The molecule has 11 heteroatoms. The van der Waals surface area contributed by atoms with Crippen molar-refractivity contribution in [2.24, 2.45) is 13.0 Å². The molecule has 0 saturated heterocycles. The lowest BCUT2D eigenvalue weighted by Gasteiger charge is -2.27. The van der Waals surface area contributed by atoms with Gasteiger partial charge in [0.1, 0.15) is 5.82 Å². The lowest BCUT2D eigenvalue weighted by atomic mass is 9.84. The summed E-state index contributed by atoms with van der Waals surface area (Å²) in [6, 6.07) is 5.65. The number of nitrogens with one attached hydrogen (secondary N) is 1. The summed E-state index contributed by atoms with van der Waals surface area (Å²) < 4.78 is 28.7. The fraction of sp³-hybridized carbons (Fsp3) is 0.400. The highest BCUT2D eigenvalue weighted by atomic mass is 19.3. The Morgan fingerprint density at radius 2 is 2.03 bits per heavy atom. The summed E-state index contributed by atoms with van der Waals surface area (Å²) in [6.07, 6.45) is 6.75. The largest absolute Gasteiger partial charge is 0.306 e. The van der Waals surface area contributed by atoms with E-state index in [4.69, 9.17) is 0 Å². The normalized spacial score (nSPS) is 16.6. The van der Waals surface area contributed by atoms with Crippen molar-refractivity contribution in [2.75, 3.05) is 5.32 Å². The molecule has 0 atom stereocenters. The number of nitrogens with zero attached hydrogens (tertiary/aromatic N) is 8. The standard InChI is InChI=1S/C20H21F2N9/c1-30-24-12-16(29-30)26-19-23-8-4-15(25-19)14-5-9-31-17(27-28-18(31)11-14)10-13-2-6-20(21,22)7-3-13/h4-5,8-9,11-13H,2-3,6-7,10H2,1H3,(H,23,25,26,29). The number of anilines is 2. The summed E-state index contributed by atoms with van der Waals surface area (Å²) in [5.41, 5.74) is 2.28. The highest BCUT2D eigenvalue weighted by Gasteiger charge is 2.35. The molecule has 160 valence electrons. The molecule has 0 amide bonds. The third-order valence-electron chi connectivity index (χ3n) is 5.58. The van der Waals surface area contributed by atoms with E-state index in [1.165, 1.54) is 4.80 Å². The molecular formula is C20H21F2N9.